The number of anilines is 1. The molecule has 0 fully saturated rings. The van der Waals surface area contributed by atoms with Crippen molar-refractivity contribution in [2.45, 2.75) is 62.6 Å². The molecule has 3 aliphatic rings. The standard InChI is InChI=1S/C32H29F2N5O3/c1-31(2,42)25-15-36-28-24(12-20(16-39(25)28)21-5-3-7-23(33)26(21)34)37-29(40)17-8-9-18-13-32(14-19(18)11-17)22-6-4-10-35-27(22)38-30(32)41/h3-11,15,20,24,42H,12-14,16H2,1-2H3,(H,37,40)(H,35,38,41)/t20-,24+,32-/m1/s1. The van der Waals surface area contributed by atoms with Crippen molar-refractivity contribution in [1.29, 1.82) is 0 Å². The van der Waals surface area contributed by atoms with Crippen LogP contribution >= 0.6 is 0 Å². The SMILES string of the molecule is CC(C)(O)c1cnc2n1C[C@H](c1cccc(F)c1F)C[C@@H]2NC(=O)c1ccc2c(c1)C[C@@]1(C2)C(=O)Nc2ncccc21. The van der Waals surface area contributed by atoms with E-state index in [1.807, 2.05) is 24.3 Å². The van der Waals surface area contributed by atoms with Gasteiger partial charge in [-0.05, 0) is 74.1 Å². The number of benzene rings is 2. The van der Waals surface area contributed by atoms with Crippen molar-refractivity contribution in [3.63, 3.8) is 0 Å². The highest BCUT2D eigenvalue weighted by molar-refractivity contribution is 6.06. The van der Waals surface area contributed by atoms with Crippen LogP contribution < -0.4 is 10.6 Å². The summed E-state index contributed by atoms with van der Waals surface area (Å²) in [5, 5.41) is 16.7. The minimum Gasteiger partial charge on any atom is -0.384 e. The van der Waals surface area contributed by atoms with Crippen molar-refractivity contribution in [3.05, 3.63) is 112 Å². The molecule has 2 amide bonds. The van der Waals surface area contributed by atoms with Gasteiger partial charge in [0, 0.05) is 29.8 Å². The third kappa shape index (κ3) is 4.04. The summed E-state index contributed by atoms with van der Waals surface area (Å²) in [7, 11) is 0. The highest BCUT2D eigenvalue weighted by atomic mass is 19.2. The highest BCUT2D eigenvalue weighted by Crippen LogP contribution is 2.47. The molecule has 0 saturated carbocycles. The third-order valence-corrected chi connectivity index (χ3v) is 8.92. The van der Waals surface area contributed by atoms with Crippen molar-refractivity contribution < 1.29 is 23.5 Å². The van der Waals surface area contributed by atoms with Crippen molar-refractivity contribution in [1.82, 2.24) is 19.9 Å². The summed E-state index contributed by atoms with van der Waals surface area (Å²) < 4.78 is 30.8. The Morgan fingerprint density at radius 1 is 1.12 bits per heavy atom. The summed E-state index contributed by atoms with van der Waals surface area (Å²) in [5.41, 5.74) is 1.96. The molecule has 3 atom stereocenters. The molecule has 3 N–H and O–H groups in total. The zero-order valence-corrected chi connectivity index (χ0v) is 23.1. The van der Waals surface area contributed by atoms with Gasteiger partial charge in [-0.2, -0.15) is 0 Å². The number of amides is 2. The molecule has 4 aromatic rings. The molecule has 2 aliphatic heterocycles. The Labute approximate surface area is 240 Å². The Kier molecular flexibility index (Phi) is 5.85. The van der Waals surface area contributed by atoms with E-state index in [2.05, 4.69) is 20.6 Å². The lowest BCUT2D eigenvalue weighted by Gasteiger charge is -2.33. The van der Waals surface area contributed by atoms with Crippen LogP contribution in [0, 0.1) is 11.6 Å². The molecule has 42 heavy (non-hydrogen) atoms. The summed E-state index contributed by atoms with van der Waals surface area (Å²) in [6.07, 6.45) is 4.49. The van der Waals surface area contributed by atoms with Crippen molar-refractivity contribution in [2.24, 2.45) is 0 Å². The Morgan fingerprint density at radius 3 is 2.74 bits per heavy atom. The van der Waals surface area contributed by atoms with Crippen molar-refractivity contribution >= 4 is 17.6 Å². The number of rotatable bonds is 4. The van der Waals surface area contributed by atoms with Gasteiger partial charge in [0.25, 0.3) is 5.91 Å². The number of hydrogen-bond donors (Lipinski definition) is 3. The molecule has 2 aromatic heterocycles. The number of nitrogens with one attached hydrogen (secondary N) is 2. The van der Waals surface area contributed by atoms with Crippen molar-refractivity contribution in [2.75, 3.05) is 5.32 Å². The van der Waals surface area contributed by atoms with Crippen LogP contribution in [0.2, 0.25) is 0 Å². The number of carbonyl (C=O) groups excluding carboxylic acids is 2. The summed E-state index contributed by atoms with van der Waals surface area (Å²) in [6.45, 7) is 3.54. The number of hydrogen-bond acceptors (Lipinski definition) is 5. The monoisotopic (exact) mass is 569 g/mol. The van der Waals surface area contributed by atoms with E-state index in [9.17, 15) is 23.5 Å². The lowest BCUT2D eigenvalue weighted by atomic mass is 9.79. The number of imidazole rings is 1. The number of fused-ring (bicyclic) bond motifs is 4. The smallest absolute Gasteiger partial charge is 0.251 e. The van der Waals surface area contributed by atoms with Gasteiger partial charge in [-0.3, -0.25) is 9.59 Å². The molecule has 1 aliphatic carbocycles. The molecule has 7 rings (SSSR count). The van der Waals surface area contributed by atoms with Gasteiger partial charge in [0.15, 0.2) is 11.6 Å². The maximum atomic E-state index is 14.9. The number of aromatic nitrogens is 3. The topological polar surface area (TPSA) is 109 Å². The summed E-state index contributed by atoms with van der Waals surface area (Å²) in [5.74, 6) is -1.63. The fourth-order valence-electron chi connectivity index (χ4n) is 6.87. The van der Waals surface area contributed by atoms with E-state index in [-0.39, 0.29) is 23.9 Å². The zero-order chi connectivity index (χ0) is 29.4. The van der Waals surface area contributed by atoms with Crippen LogP contribution in [0.5, 0.6) is 0 Å². The average molecular weight is 570 g/mol. The van der Waals surface area contributed by atoms with Gasteiger partial charge in [-0.15, -0.1) is 0 Å². The molecular formula is C32H29F2N5O3. The molecule has 2 aromatic carbocycles. The van der Waals surface area contributed by atoms with E-state index in [1.165, 1.54) is 6.07 Å². The van der Waals surface area contributed by atoms with Gasteiger partial charge in [-0.1, -0.05) is 24.3 Å². The maximum Gasteiger partial charge on any atom is 0.251 e. The van der Waals surface area contributed by atoms with Gasteiger partial charge in [0.05, 0.1) is 23.3 Å². The first kappa shape index (κ1) is 26.5. The highest BCUT2D eigenvalue weighted by Gasteiger charge is 2.51. The quantitative estimate of drug-likeness (QED) is 0.337. The van der Waals surface area contributed by atoms with Crippen LogP contribution in [0.1, 0.15) is 76.4 Å². The number of halogens is 2. The Morgan fingerprint density at radius 2 is 1.93 bits per heavy atom. The van der Waals surface area contributed by atoms with Gasteiger partial charge >= 0.3 is 0 Å². The number of nitrogens with zero attached hydrogens (tertiary/aromatic N) is 3. The van der Waals surface area contributed by atoms with E-state index < -0.39 is 34.6 Å². The number of pyridine rings is 1. The van der Waals surface area contributed by atoms with Gasteiger partial charge < -0.3 is 20.3 Å². The fraction of sp³-hybridized carbons (Fsp3) is 0.312. The largest absolute Gasteiger partial charge is 0.384 e. The molecule has 10 heteroatoms. The zero-order valence-electron chi connectivity index (χ0n) is 23.1. The Balaban J connectivity index is 1.19. The van der Waals surface area contributed by atoms with E-state index >= 15 is 0 Å². The van der Waals surface area contributed by atoms with Crippen LogP contribution in [0.15, 0.2) is 60.9 Å². The second kappa shape index (κ2) is 9.29. The normalized spacial score (nSPS) is 22.5. The molecule has 0 bridgehead atoms. The number of carbonyl (C=O) groups is 2. The van der Waals surface area contributed by atoms with E-state index in [0.717, 1.165) is 22.8 Å². The number of aliphatic hydroxyl groups is 1. The van der Waals surface area contributed by atoms with Crippen LogP contribution in [0.4, 0.5) is 14.6 Å². The van der Waals surface area contributed by atoms with Gasteiger partial charge in [0.2, 0.25) is 5.91 Å². The lowest BCUT2D eigenvalue weighted by Crippen LogP contribution is -2.37. The predicted octanol–water partition coefficient (Wildman–Crippen LogP) is 4.43. The molecular weight excluding hydrogens is 540 g/mol. The first-order chi connectivity index (χ1) is 20.0. The maximum absolute atomic E-state index is 14.9. The Bertz CT molecular complexity index is 1780. The van der Waals surface area contributed by atoms with Gasteiger partial charge in [-0.25, -0.2) is 18.7 Å². The summed E-state index contributed by atoms with van der Waals surface area (Å²) >= 11 is 0. The first-order valence-electron chi connectivity index (χ1n) is 14.0. The minimum atomic E-state index is -1.24. The van der Waals surface area contributed by atoms with Crippen LogP contribution in [-0.4, -0.2) is 31.5 Å². The Hall–Kier alpha value is -4.44. The second-order valence-corrected chi connectivity index (χ2v) is 12.0. The van der Waals surface area contributed by atoms with Crippen LogP contribution in [-0.2, 0) is 35.2 Å². The molecule has 0 unspecified atom stereocenters. The molecule has 214 valence electrons. The lowest BCUT2D eigenvalue weighted by molar-refractivity contribution is -0.120. The molecule has 8 nitrogen and oxygen atoms in total. The minimum absolute atomic E-state index is 0.0920. The molecule has 0 saturated heterocycles. The molecule has 4 heterocycles. The molecule has 1 spiro atoms. The van der Waals surface area contributed by atoms with E-state index in [4.69, 9.17) is 0 Å². The van der Waals surface area contributed by atoms with Crippen LogP contribution in [0.25, 0.3) is 0 Å². The van der Waals surface area contributed by atoms with Crippen molar-refractivity contribution in [3.8, 4) is 0 Å². The van der Waals surface area contributed by atoms with E-state index in [0.29, 0.717) is 42.2 Å². The summed E-state index contributed by atoms with van der Waals surface area (Å²) in [6, 6.07) is 12.7. The average Bonchev–Trinajstić information content (AvgIpc) is 3.64. The van der Waals surface area contributed by atoms with E-state index in [1.54, 1.807) is 42.9 Å². The fourth-order valence-corrected chi connectivity index (χ4v) is 6.87. The van der Waals surface area contributed by atoms with Gasteiger partial charge in [0.1, 0.15) is 17.2 Å². The molecule has 0 radical (unpaired) electrons. The van der Waals surface area contributed by atoms with Crippen LogP contribution in [0.3, 0.4) is 0 Å². The third-order valence-electron chi connectivity index (χ3n) is 8.92. The second-order valence-electron chi connectivity index (χ2n) is 12.0. The first-order valence-corrected chi connectivity index (χ1v) is 14.0. The summed E-state index contributed by atoms with van der Waals surface area (Å²) in [4.78, 5) is 35.6. The predicted molar refractivity (Wildman–Crippen MR) is 150 cm³/mol.